The fourth-order valence-corrected chi connectivity index (χ4v) is 3.02. The summed E-state index contributed by atoms with van der Waals surface area (Å²) in [6, 6.07) is 14.0. The molecule has 0 fully saturated rings. The maximum Gasteiger partial charge on any atom is 0.329 e. The Morgan fingerprint density at radius 3 is 2.66 bits per heavy atom. The lowest BCUT2D eigenvalue weighted by Gasteiger charge is -2.14. The first kappa shape index (κ1) is 18.2. The summed E-state index contributed by atoms with van der Waals surface area (Å²) in [7, 11) is 0. The molecule has 0 bridgehead atoms. The minimum absolute atomic E-state index is 0.106. The first-order valence-corrected chi connectivity index (χ1v) is 8.64. The molecule has 0 aliphatic carbocycles. The number of benzene rings is 2. The van der Waals surface area contributed by atoms with Crippen LogP contribution < -0.4 is 9.75 Å². The second-order valence-electron chi connectivity index (χ2n) is 6.38. The summed E-state index contributed by atoms with van der Waals surface area (Å²) in [5, 5.41) is 17.0. The maximum absolute atomic E-state index is 12.8. The predicted octanol–water partition coefficient (Wildman–Crippen LogP) is 3.09. The number of aromatic nitrogens is 1. The van der Waals surface area contributed by atoms with Gasteiger partial charge in [-0.05, 0) is 37.3 Å². The van der Waals surface area contributed by atoms with Crippen molar-refractivity contribution in [2.75, 3.05) is 5.01 Å². The van der Waals surface area contributed by atoms with Gasteiger partial charge in [-0.25, -0.2) is 0 Å². The molecule has 29 heavy (non-hydrogen) atoms. The van der Waals surface area contributed by atoms with Crippen LogP contribution in [0.5, 0.6) is 5.75 Å². The standard InChI is InChI=1S/C20H14N4O5/c1-12-18(20(26)29-16-8-6-14(7-9-16)24(27)28)19(25)23(22-12)15-5-4-13-3-2-10-21-17(13)11-15/h2-11,18H,1H3. The highest BCUT2D eigenvalue weighted by atomic mass is 16.6. The SMILES string of the molecule is CC1=NN(c2ccc3cccnc3c2)C(=O)C1C(=O)Oc1ccc([N+](=O)[O-])cc1. The number of pyridine rings is 1. The van der Waals surface area contributed by atoms with E-state index in [1.807, 2.05) is 18.2 Å². The Kier molecular flexibility index (Phi) is 4.47. The number of non-ortho nitro benzene ring substituents is 1. The molecular weight excluding hydrogens is 376 g/mol. The van der Waals surface area contributed by atoms with Gasteiger partial charge in [0.1, 0.15) is 5.75 Å². The smallest absolute Gasteiger partial charge is 0.329 e. The zero-order chi connectivity index (χ0) is 20.5. The van der Waals surface area contributed by atoms with Crippen molar-refractivity contribution >= 4 is 39.9 Å². The van der Waals surface area contributed by atoms with Crippen molar-refractivity contribution in [1.29, 1.82) is 0 Å². The number of hydrogen-bond donors (Lipinski definition) is 0. The number of nitro groups is 1. The average Bonchev–Trinajstić information content (AvgIpc) is 3.02. The summed E-state index contributed by atoms with van der Waals surface area (Å²) in [6.45, 7) is 1.57. The van der Waals surface area contributed by atoms with E-state index in [1.165, 1.54) is 24.3 Å². The summed E-state index contributed by atoms with van der Waals surface area (Å²) in [6.07, 6.45) is 1.65. The number of nitrogens with zero attached hydrogens (tertiary/aromatic N) is 4. The van der Waals surface area contributed by atoms with Crippen LogP contribution in [0.25, 0.3) is 10.9 Å². The van der Waals surface area contributed by atoms with E-state index in [1.54, 1.807) is 25.3 Å². The molecule has 9 heteroatoms. The normalized spacial score (nSPS) is 16.0. The van der Waals surface area contributed by atoms with Gasteiger partial charge in [0.15, 0.2) is 5.92 Å². The Morgan fingerprint density at radius 2 is 1.93 bits per heavy atom. The van der Waals surface area contributed by atoms with Gasteiger partial charge in [-0.3, -0.25) is 24.7 Å². The quantitative estimate of drug-likeness (QED) is 0.222. The number of ether oxygens (including phenoxy) is 1. The van der Waals surface area contributed by atoms with Crippen LogP contribution in [0.15, 0.2) is 65.9 Å². The van der Waals surface area contributed by atoms with Crippen molar-refractivity contribution in [3.63, 3.8) is 0 Å². The average molecular weight is 390 g/mol. The van der Waals surface area contributed by atoms with Gasteiger partial charge in [-0.2, -0.15) is 10.1 Å². The Morgan fingerprint density at radius 1 is 1.17 bits per heavy atom. The van der Waals surface area contributed by atoms with Gasteiger partial charge in [0.25, 0.3) is 11.6 Å². The second-order valence-corrected chi connectivity index (χ2v) is 6.38. The molecular formula is C20H14N4O5. The van der Waals surface area contributed by atoms with Gasteiger partial charge in [-0.15, -0.1) is 0 Å². The molecule has 1 aliphatic rings. The van der Waals surface area contributed by atoms with E-state index in [2.05, 4.69) is 10.1 Å². The molecule has 1 amide bonds. The number of carbonyl (C=O) groups is 2. The topological polar surface area (TPSA) is 115 Å². The Balaban J connectivity index is 1.54. The highest BCUT2D eigenvalue weighted by Crippen LogP contribution is 2.28. The number of nitro benzene ring substituents is 1. The van der Waals surface area contributed by atoms with Crippen LogP contribution in [0.4, 0.5) is 11.4 Å². The highest BCUT2D eigenvalue weighted by molar-refractivity contribution is 6.25. The van der Waals surface area contributed by atoms with E-state index < -0.39 is 22.7 Å². The minimum Gasteiger partial charge on any atom is -0.426 e. The lowest BCUT2D eigenvalue weighted by atomic mass is 10.1. The van der Waals surface area contributed by atoms with E-state index in [4.69, 9.17) is 4.74 Å². The number of amides is 1. The van der Waals surface area contributed by atoms with E-state index in [0.29, 0.717) is 16.9 Å². The first-order valence-electron chi connectivity index (χ1n) is 8.64. The lowest BCUT2D eigenvalue weighted by molar-refractivity contribution is -0.384. The van der Waals surface area contributed by atoms with E-state index in [-0.39, 0.29) is 11.4 Å². The predicted molar refractivity (Wildman–Crippen MR) is 105 cm³/mol. The number of hydrazone groups is 1. The van der Waals surface area contributed by atoms with Crippen LogP contribution in [-0.2, 0) is 9.59 Å². The first-order chi connectivity index (χ1) is 13.9. The molecule has 1 unspecified atom stereocenters. The third-order valence-corrected chi connectivity index (χ3v) is 4.47. The zero-order valence-electron chi connectivity index (χ0n) is 15.2. The number of rotatable bonds is 4. The van der Waals surface area contributed by atoms with Crippen molar-refractivity contribution in [3.05, 3.63) is 70.9 Å². The van der Waals surface area contributed by atoms with Crippen molar-refractivity contribution in [2.24, 2.45) is 11.0 Å². The lowest BCUT2D eigenvalue weighted by Crippen LogP contribution is -2.35. The third-order valence-electron chi connectivity index (χ3n) is 4.47. The van der Waals surface area contributed by atoms with Crippen molar-refractivity contribution in [3.8, 4) is 5.75 Å². The van der Waals surface area contributed by atoms with Crippen LogP contribution in [0.1, 0.15) is 6.92 Å². The van der Waals surface area contributed by atoms with Crippen molar-refractivity contribution < 1.29 is 19.2 Å². The van der Waals surface area contributed by atoms with Crippen molar-refractivity contribution in [2.45, 2.75) is 6.92 Å². The largest absolute Gasteiger partial charge is 0.426 e. The summed E-state index contributed by atoms with van der Waals surface area (Å²) in [5.74, 6) is -2.42. The summed E-state index contributed by atoms with van der Waals surface area (Å²) in [4.78, 5) is 39.8. The monoisotopic (exact) mass is 390 g/mol. The van der Waals surface area contributed by atoms with Crippen LogP contribution in [0.3, 0.4) is 0 Å². The summed E-state index contributed by atoms with van der Waals surface area (Å²) < 4.78 is 5.23. The molecule has 9 nitrogen and oxygen atoms in total. The molecule has 0 spiro atoms. The van der Waals surface area contributed by atoms with Gasteiger partial charge >= 0.3 is 5.97 Å². The molecule has 144 valence electrons. The van der Waals surface area contributed by atoms with Crippen LogP contribution in [-0.4, -0.2) is 27.5 Å². The van der Waals surface area contributed by atoms with E-state index in [9.17, 15) is 19.7 Å². The highest BCUT2D eigenvalue weighted by Gasteiger charge is 2.41. The molecule has 1 aliphatic heterocycles. The van der Waals surface area contributed by atoms with Crippen molar-refractivity contribution in [1.82, 2.24) is 4.98 Å². The molecule has 4 rings (SSSR count). The number of anilines is 1. The van der Waals surface area contributed by atoms with Crippen LogP contribution >= 0.6 is 0 Å². The summed E-state index contributed by atoms with van der Waals surface area (Å²) >= 11 is 0. The maximum atomic E-state index is 12.8. The molecule has 1 atom stereocenters. The van der Waals surface area contributed by atoms with Gasteiger partial charge in [0.05, 0.1) is 21.8 Å². The number of hydrogen-bond acceptors (Lipinski definition) is 7. The molecule has 0 saturated carbocycles. The van der Waals surface area contributed by atoms with E-state index >= 15 is 0 Å². The second kappa shape index (κ2) is 7.12. The van der Waals surface area contributed by atoms with Gasteiger partial charge in [0, 0.05) is 23.7 Å². The van der Waals surface area contributed by atoms with Gasteiger partial charge in [0.2, 0.25) is 0 Å². The van der Waals surface area contributed by atoms with Crippen LogP contribution in [0, 0.1) is 16.0 Å². The Hall–Kier alpha value is -4.14. The zero-order valence-corrected chi connectivity index (χ0v) is 15.2. The Bertz CT molecular complexity index is 1170. The third kappa shape index (κ3) is 3.41. The molecule has 2 aromatic carbocycles. The molecule has 2 heterocycles. The van der Waals surface area contributed by atoms with Crippen LogP contribution in [0.2, 0.25) is 0 Å². The van der Waals surface area contributed by atoms with Gasteiger partial charge < -0.3 is 4.74 Å². The number of carbonyl (C=O) groups excluding carboxylic acids is 2. The molecule has 3 aromatic rings. The fraction of sp³-hybridized carbons (Fsp3) is 0.100. The minimum atomic E-state index is -1.19. The molecule has 1 aromatic heterocycles. The fourth-order valence-electron chi connectivity index (χ4n) is 3.02. The Labute approximate surface area is 164 Å². The summed E-state index contributed by atoms with van der Waals surface area (Å²) in [5.41, 5.74) is 1.35. The number of esters is 1. The number of fused-ring (bicyclic) bond motifs is 1. The molecule has 0 N–H and O–H groups in total. The molecule has 0 saturated heterocycles. The van der Waals surface area contributed by atoms with Gasteiger partial charge in [-0.1, -0.05) is 12.1 Å². The van der Waals surface area contributed by atoms with E-state index in [0.717, 1.165) is 10.4 Å². The molecule has 0 radical (unpaired) electrons.